The molecule has 0 aromatic heterocycles. The lowest BCUT2D eigenvalue weighted by Crippen LogP contribution is -2.46. The summed E-state index contributed by atoms with van der Waals surface area (Å²) < 4.78 is 56.7. The summed E-state index contributed by atoms with van der Waals surface area (Å²) >= 11 is 0. The van der Waals surface area contributed by atoms with Gasteiger partial charge in [-0.2, -0.15) is 13.2 Å². The van der Waals surface area contributed by atoms with Gasteiger partial charge in [-0.3, -0.25) is 0 Å². The monoisotopic (exact) mass is 291 g/mol. The average molecular weight is 291 g/mol. The minimum Gasteiger partial charge on any atom is -0.452 e. The van der Waals surface area contributed by atoms with E-state index in [1.165, 1.54) is 19.1 Å². The van der Waals surface area contributed by atoms with Crippen LogP contribution in [-0.4, -0.2) is 18.3 Å². The number of anilines is 1. The maximum absolute atomic E-state index is 13.9. The van der Waals surface area contributed by atoms with Crippen LogP contribution in [0.25, 0.3) is 0 Å². The minimum atomic E-state index is -4.61. The SMILES string of the molecule is CC1(c2cc(N)ccc2F)CC(C(F)(F)F)OC(N)=N1. The third kappa shape index (κ3) is 2.63. The number of hydrogen-bond donors (Lipinski definition) is 2. The highest BCUT2D eigenvalue weighted by molar-refractivity contribution is 5.73. The molecule has 0 spiro atoms. The number of rotatable bonds is 1. The predicted molar refractivity (Wildman–Crippen MR) is 65.3 cm³/mol. The molecule has 20 heavy (non-hydrogen) atoms. The Balaban J connectivity index is 2.48. The molecule has 1 aliphatic rings. The molecule has 0 amide bonds. The van der Waals surface area contributed by atoms with E-state index in [1.807, 2.05) is 0 Å². The van der Waals surface area contributed by atoms with Crippen LogP contribution in [0.5, 0.6) is 0 Å². The van der Waals surface area contributed by atoms with Gasteiger partial charge in [0.2, 0.25) is 0 Å². The van der Waals surface area contributed by atoms with Crippen LogP contribution in [0.1, 0.15) is 18.9 Å². The lowest BCUT2D eigenvalue weighted by molar-refractivity contribution is -0.208. The number of hydrogen-bond acceptors (Lipinski definition) is 4. The van der Waals surface area contributed by atoms with Crippen LogP contribution in [0.3, 0.4) is 0 Å². The van der Waals surface area contributed by atoms with Gasteiger partial charge < -0.3 is 16.2 Å². The molecule has 1 aromatic rings. The Morgan fingerprint density at radius 1 is 1.35 bits per heavy atom. The first-order valence-corrected chi connectivity index (χ1v) is 5.76. The van der Waals surface area contributed by atoms with Crippen molar-refractivity contribution in [3.8, 4) is 0 Å². The molecule has 0 aliphatic carbocycles. The summed E-state index contributed by atoms with van der Waals surface area (Å²) in [5.41, 5.74) is 9.55. The van der Waals surface area contributed by atoms with Crippen molar-refractivity contribution < 1.29 is 22.3 Å². The first-order chi connectivity index (χ1) is 9.12. The van der Waals surface area contributed by atoms with Crippen molar-refractivity contribution >= 4 is 11.7 Å². The molecular weight excluding hydrogens is 278 g/mol. The summed E-state index contributed by atoms with van der Waals surface area (Å²) in [5.74, 6) is -0.693. The molecule has 0 saturated heterocycles. The molecule has 8 heteroatoms. The van der Waals surface area contributed by atoms with E-state index in [1.54, 1.807) is 0 Å². The predicted octanol–water partition coefficient (Wildman–Crippen LogP) is 2.29. The first kappa shape index (κ1) is 14.4. The molecule has 2 rings (SSSR count). The van der Waals surface area contributed by atoms with E-state index < -0.39 is 36.1 Å². The van der Waals surface area contributed by atoms with Crippen molar-refractivity contribution in [3.63, 3.8) is 0 Å². The summed E-state index contributed by atoms with van der Waals surface area (Å²) in [6.07, 6.45) is -7.32. The van der Waals surface area contributed by atoms with Gasteiger partial charge in [-0.15, -0.1) is 0 Å². The summed E-state index contributed by atoms with van der Waals surface area (Å²) in [6.45, 7) is 1.36. The van der Waals surface area contributed by atoms with Gasteiger partial charge in [0.1, 0.15) is 5.82 Å². The number of nitrogens with zero attached hydrogens (tertiary/aromatic N) is 1. The van der Waals surface area contributed by atoms with Gasteiger partial charge in [0.25, 0.3) is 6.02 Å². The van der Waals surface area contributed by atoms with Gasteiger partial charge >= 0.3 is 6.18 Å². The molecule has 2 unspecified atom stereocenters. The standard InChI is InChI=1S/C12H13F4N3O/c1-11(7-4-6(17)2-3-8(7)13)5-9(12(14,15)16)20-10(18)19-11/h2-4,9H,5,17H2,1H3,(H2,18,19). The zero-order chi connectivity index (χ0) is 15.1. The number of amidine groups is 1. The Bertz CT molecular complexity index is 558. The van der Waals surface area contributed by atoms with Crippen molar-refractivity contribution in [2.45, 2.75) is 31.2 Å². The average Bonchev–Trinajstić information content (AvgIpc) is 2.30. The van der Waals surface area contributed by atoms with Crippen molar-refractivity contribution in [2.75, 3.05) is 5.73 Å². The molecule has 4 N–H and O–H groups in total. The van der Waals surface area contributed by atoms with Crippen molar-refractivity contribution in [3.05, 3.63) is 29.6 Å². The fourth-order valence-electron chi connectivity index (χ4n) is 2.17. The largest absolute Gasteiger partial charge is 0.452 e. The van der Waals surface area contributed by atoms with Gasteiger partial charge in [-0.25, -0.2) is 9.38 Å². The molecule has 1 aromatic carbocycles. The second kappa shape index (κ2) is 4.53. The zero-order valence-electron chi connectivity index (χ0n) is 10.5. The third-order valence-corrected chi connectivity index (χ3v) is 3.14. The summed E-state index contributed by atoms with van der Waals surface area (Å²) in [4.78, 5) is 3.83. The molecule has 0 saturated carbocycles. The van der Waals surface area contributed by atoms with E-state index in [2.05, 4.69) is 9.73 Å². The number of benzene rings is 1. The highest BCUT2D eigenvalue weighted by Crippen LogP contribution is 2.41. The molecule has 0 fully saturated rings. The molecule has 4 nitrogen and oxygen atoms in total. The normalized spacial score (nSPS) is 26.9. The fourth-order valence-corrected chi connectivity index (χ4v) is 2.17. The fraction of sp³-hybridized carbons (Fsp3) is 0.417. The number of halogens is 4. The van der Waals surface area contributed by atoms with E-state index in [0.29, 0.717) is 0 Å². The highest BCUT2D eigenvalue weighted by atomic mass is 19.4. The van der Waals surface area contributed by atoms with Gasteiger partial charge in [0.05, 0.1) is 5.54 Å². The number of aliphatic imine (C=N–C) groups is 1. The van der Waals surface area contributed by atoms with Crippen LogP contribution in [0, 0.1) is 5.82 Å². The summed E-state index contributed by atoms with van der Waals surface area (Å²) in [5, 5.41) is 0. The van der Waals surface area contributed by atoms with E-state index in [4.69, 9.17) is 11.5 Å². The maximum Gasteiger partial charge on any atom is 0.425 e. The van der Waals surface area contributed by atoms with E-state index in [-0.39, 0.29) is 11.3 Å². The Kier molecular flexibility index (Phi) is 3.27. The Labute approximate surface area is 112 Å². The second-order valence-electron chi connectivity index (χ2n) is 4.82. The molecule has 0 radical (unpaired) electrons. The van der Waals surface area contributed by atoms with E-state index in [9.17, 15) is 17.6 Å². The number of nitrogen functional groups attached to an aromatic ring is 1. The van der Waals surface area contributed by atoms with Crippen LogP contribution in [0.4, 0.5) is 23.2 Å². The quantitative estimate of drug-likeness (QED) is 0.616. The van der Waals surface area contributed by atoms with Gasteiger partial charge in [0.15, 0.2) is 6.10 Å². The molecule has 1 heterocycles. The highest BCUT2D eigenvalue weighted by Gasteiger charge is 2.49. The van der Waals surface area contributed by atoms with E-state index in [0.717, 1.165) is 6.07 Å². The molecule has 1 aliphatic heterocycles. The molecule has 110 valence electrons. The van der Waals surface area contributed by atoms with Crippen molar-refractivity contribution in [2.24, 2.45) is 10.7 Å². The Morgan fingerprint density at radius 2 is 2.00 bits per heavy atom. The molecular formula is C12H13F4N3O. The number of nitrogens with two attached hydrogens (primary N) is 2. The minimum absolute atomic E-state index is 0.0435. The maximum atomic E-state index is 13.9. The van der Waals surface area contributed by atoms with Gasteiger partial charge in [0, 0.05) is 17.7 Å². The Morgan fingerprint density at radius 3 is 2.60 bits per heavy atom. The topological polar surface area (TPSA) is 73.6 Å². The lowest BCUT2D eigenvalue weighted by Gasteiger charge is -2.35. The second-order valence-corrected chi connectivity index (χ2v) is 4.82. The van der Waals surface area contributed by atoms with Crippen molar-refractivity contribution in [1.82, 2.24) is 0 Å². The van der Waals surface area contributed by atoms with Gasteiger partial charge in [-0.1, -0.05) is 0 Å². The molecule has 0 bridgehead atoms. The van der Waals surface area contributed by atoms with Crippen LogP contribution in [-0.2, 0) is 10.3 Å². The van der Waals surface area contributed by atoms with Crippen LogP contribution < -0.4 is 11.5 Å². The zero-order valence-corrected chi connectivity index (χ0v) is 10.5. The smallest absolute Gasteiger partial charge is 0.425 e. The van der Waals surface area contributed by atoms with Crippen LogP contribution in [0.15, 0.2) is 23.2 Å². The number of ether oxygens (including phenoxy) is 1. The Hall–Kier alpha value is -1.99. The summed E-state index contributed by atoms with van der Waals surface area (Å²) in [7, 11) is 0. The summed E-state index contributed by atoms with van der Waals surface area (Å²) in [6, 6.07) is 3.03. The third-order valence-electron chi connectivity index (χ3n) is 3.14. The van der Waals surface area contributed by atoms with E-state index >= 15 is 0 Å². The van der Waals surface area contributed by atoms with Crippen LogP contribution in [0.2, 0.25) is 0 Å². The molecule has 2 atom stereocenters. The van der Waals surface area contributed by atoms with Gasteiger partial charge in [-0.05, 0) is 25.1 Å². The number of alkyl halides is 3. The van der Waals surface area contributed by atoms with Crippen LogP contribution >= 0.6 is 0 Å². The van der Waals surface area contributed by atoms with Crippen molar-refractivity contribution in [1.29, 1.82) is 0 Å². The lowest BCUT2D eigenvalue weighted by atomic mass is 9.85. The first-order valence-electron chi connectivity index (χ1n) is 5.76.